The molecule has 0 aliphatic heterocycles. The summed E-state index contributed by atoms with van der Waals surface area (Å²) in [6, 6.07) is 8.14. The maximum atomic E-state index is 11.0. The molecule has 0 bridgehead atoms. The fourth-order valence-corrected chi connectivity index (χ4v) is 3.37. The maximum absolute atomic E-state index is 11.0. The van der Waals surface area contributed by atoms with Crippen LogP contribution in [0.5, 0.6) is 0 Å². The van der Waals surface area contributed by atoms with Gasteiger partial charge in [-0.3, -0.25) is 4.98 Å². The van der Waals surface area contributed by atoms with Crippen LogP contribution in [0.25, 0.3) is 10.8 Å². The van der Waals surface area contributed by atoms with Gasteiger partial charge in [-0.1, -0.05) is 45.9 Å². The van der Waals surface area contributed by atoms with Crippen LogP contribution in [0.15, 0.2) is 48.3 Å². The standard InChI is InChI=1S/C20H25NO/c1-19(2)8-9-20(3,4)17(12-19)18(22)15-5-6-16-13-21-10-7-14(16)11-15/h5-7,10-13,18,22H,8-9H2,1-4H3. The molecule has 1 heterocycles. The zero-order valence-electron chi connectivity index (χ0n) is 13.9. The summed E-state index contributed by atoms with van der Waals surface area (Å²) in [6.45, 7) is 8.98. The van der Waals surface area contributed by atoms with Crippen molar-refractivity contribution in [3.8, 4) is 0 Å². The van der Waals surface area contributed by atoms with E-state index in [0.29, 0.717) is 0 Å². The largest absolute Gasteiger partial charge is 0.384 e. The van der Waals surface area contributed by atoms with E-state index >= 15 is 0 Å². The van der Waals surface area contributed by atoms with Crippen molar-refractivity contribution in [2.45, 2.75) is 46.6 Å². The molecule has 116 valence electrons. The molecule has 2 nitrogen and oxygen atoms in total. The maximum Gasteiger partial charge on any atom is 0.101 e. The second-order valence-corrected chi connectivity index (χ2v) is 7.86. The summed E-state index contributed by atoms with van der Waals surface area (Å²) in [5.74, 6) is 0. The number of aliphatic hydroxyl groups excluding tert-OH is 1. The third kappa shape index (κ3) is 2.80. The number of benzene rings is 1. The van der Waals surface area contributed by atoms with Gasteiger partial charge in [0.05, 0.1) is 0 Å². The molecule has 0 saturated heterocycles. The molecule has 1 aromatic carbocycles. The molecular formula is C20H25NO. The third-order valence-electron chi connectivity index (χ3n) is 5.00. The molecule has 22 heavy (non-hydrogen) atoms. The Hall–Kier alpha value is -1.67. The zero-order chi connectivity index (χ0) is 16.0. The smallest absolute Gasteiger partial charge is 0.101 e. The Morgan fingerprint density at radius 3 is 2.59 bits per heavy atom. The number of nitrogens with zero attached hydrogens (tertiary/aromatic N) is 1. The number of allylic oxidation sites excluding steroid dienone is 1. The van der Waals surface area contributed by atoms with Crippen LogP contribution in [0.1, 0.15) is 52.2 Å². The summed E-state index contributed by atoms with van der Waals surface area (Å²) in [5, 5.41) is 13.2. The quantitative estimate of drug-likeness (QED) is 0.787. The van der Waals surface area contributed by atoms with E-state index in [4.69, 9.17) is 0 Å². The Bertz CT molecular complexity index is 727. The SMILES string of the molecule is CC1(C)C=C(C(O)c2ccc3cnccc3c2)C(C)(C)CC1. The predicted octanol–water partition coefficient (Wildman–Crippen LogP) is 5.04. The number of rotatable bonds is 2. The molecule has 1 N–H and O–H groups in total. The monoisotopic (exact) mass is 295 g/mol. The van der Waals surface area contributed by atoms with E-state index in [1.807, 2.05) is 24.4 Å². The summed E-state index contributed by atoms with van der Waals surface area (Å²) in [4.78, 5) is 4.15. The highest BCUT2D eigenvalue weighted by Crippen LogP contribution is 2.48. The van der Waals surface area contributed by atoms with Gasteiger partial charge in [0.2, 0.25) is 0 Å². The molecule has 2 aromatic rings. The average molecular weight is 295 g/mol. The summed E-state index contributed by atoms with van der Waals surface area (Å²) < 4.78 is 0. The van der Waals surface area contributed by atoms with Gasteiger partial charge in [0.25, 0.3) is 0 Å². The lowest BCUT2D eigenvalue weighted by Gasteiger charge is -2.41. The first kappa shape index (κ1) is 15.2. The number of aromatic nitrogens is 1. The van der Waals surface area contributed by atoms with Crippen molar-refractivity contribution in [1.82, 2.24) is 4.98 Å². The lowest BCUT2D eigenvalue weighted by Crippen LogP contribution is -2.29. The number of hydrogen-bond acceptors (Lipinski definition) is 2. The zero-order valence-corrected chi connectivity index (χ0v) is 13.9. The van der Waals surface area contributed by atoms with Crippen LogP contribution >= 0.6 is 0 Å². The average Bonchev–Trinajstić information content (AvgIpc) is 2.49. The number of hydrogen-bond donors (Lipinski definition) is 1. The van der Waals surface area contributed by atoms with Crippen molar-refractivity contribution in [3.63, 3.8) is 0 Å². The van der Waals surface area contributed by atoms with Gasteiger partial charge in [0, 0.05) is 17.8 Å². The Morgan fingerprint density at radius 2 is 1.82 bits per heavy atom. The lowest BCUT2D eigenvalue weighted by atomic mass is 9.65. The molecule has 0 saturated carbocycles. The normalized spacial score (nSPS) is 21.4. The molecule has 1 aromatic heterocycles. The van der Waals surface area contributed by atoms with Crippen LogP contribution in [-0.2, 0) is 0 Å². The lowest BCUT2D eigenvalue weighted by molar-refractivity contribution is 0.158. The van der Waals surface area contributed by atoms with Crippen molar-refractivity contribution in [1.29, 1.82) is 0 Å². The van der Waals surface area contributed by atoms with Crippen LogP contribution in [0.3, 0.4) is 0 Å². The highest BCUT2D eigenvalue weighted by molar-refractivity contribution is 5.82. The van der Waals surface area contributed by atoms with Gasteiger partial charge in [-0.2, -0.15) is 0 Å². The Labute approximate surface area is 132 Å². The van der Waals surface area contributed by atoms with Gasteiger partial charge in [-0.15, -0.1) is 0 Å². The van der Waals surface area contributed by atoms with Crippen molar-refractivity contribution in [3.05, 3.63) is 53.9 Å². The molecule has 2 heteroatoms. The van der Waals surface area contributed by atoms with Crippen LogP contribution < -0.4 is 0 Å². The highest BCUT2D eigenvalue weighted by atomic mass is 16.3. The molecule has 0 amide bonds. The predicted molar refractivity (Wildman–Crippen MR) is 91.6 cm³/mol. The molecule has 0 fully saturated rings. The van der Waals surface area contributed by atoms with E-state index in [0.717, 1.165) is 28.3 Å². The Balaban J connectivity index is 2.04. The molecule has 1 unspecified atom stereocenters. The second kappa shape index (κ2) is 5.20. The molecular weight excluding hydrogens is 270 g/mol. The van der Waals surface area contributed by atoms with E-state index in [-0.39, 0.29) is 10.8 Å². The molecule has 1 atom stereocenters. The molecule has 0 spiro atoms. The minimum atomic E-state index is -0.535. The van der Waals surface area contributed by atoms with Crippen molar-refractivity contribution in [2.24, 2.45) is 10.8 Å². The molecule has 3 rings (SSSR count). The fraction of sp³-hybridized carbons (Fsp3) is 0.450. The molecule has 1 aliphatic carbocycles. The molecule has 1 aliphatic rings. The minimum Gasteiger partial charge on any atom is -0.384 e. The van der Waals surface area contributed by atoms with E-state index in [1.165, 1.54) is 6.42 Å². The van der Waals surface area contributed by atoms with E-state index in [2.05, 4.69) is 44.8 Å². The number of pyridine rings is 1. The summed E-state index contributed by atoms with van der Waals surface area (Å²) in [5.41, 5.74) is 2.32. The van der Waals surface area contributed by atoms with Gasteiger partial charge in [-0.05, 0) is 52.3 Å². The van der Waals surface area contributed by atoms with E-state index in [1.54, 1.807) is 6.20 Å². The van der Waals surface area contributed by atoms with Gasteiger partial charge in [0.1, 0.15) is 6.10 Å². The molecule has 0 radical (unpaired) electrons. The van der Waals surface area contributed by atoms with Crippen LogP contribution in [0.2, 0.25) is 0 Å². The second-order valence-electron chi connectivity index (χ2n) is 7.86. The van der Waals surface area contributed by atoms with E-state index in [9.17, 15) is 5.11 Å². The van der Waals surface area contributed by atoms with E-state index < -0.39 is 6.10 Å². The first-order valence-corrected chi connectivity index (χ1v) is 8.04. The van der Waals surface area contributed by atoms with Gasteiger partial charge in [-0.25, -0.2) is 0 Å². The first-order chi connectivity index (χ1) is 10.3. The van der Waals surface area contributed by atoms with Crippen molar-refractivity contribution >= 4 is 10.8 Å². The summed E-state index contributed by atoms with van der Waals surface area (Å²) in [6.07, 6.45) is 7.69. The van der Waals surface area contributed by atoms with Crippen LogP contribution in [0, 0.1) is 10.8 Å². The van der Waals surface area contributed by atoms with Crippen LogP contribution in [0.4, 0.5) is 0 Å². The van der Waals surface area contributed by atoms with Gasteiger partial charge < -0.3 is 5.11 Å². The fourth-order valence-electron chi connectivity index (χ4n) is 3.37. The van der Waals surface area contributed by atoms with Crippen molar-refractivity contribution < 1.29 is 5.11 Å². The summed E-state index contributed by atoms with van der Waals surface area (Å²) in [7, 11) is 0. The number of fused-ring (bicyclic) bond motifs is 1. The topological polar surface area (TPSA) is 33.1 Å². The van der Waals surface area contributed by atoms with Crippen LogP contribution in [-0.4, -0.2) is 10.1 Å². The van der Waals surface area contributed by atoms with Crippen molar-refractivity contribution in [2.75, 3.05) is 0 Å². The first-order valence-electron chi connectivity index (χ1n) is 8.04. The number of aliphatic hydroxyl groups is 1. The highest BCUT2D eigenvalue weighted by Gasteiger charge is 2.36. The Kier molecular flexibility index (Phi) is 3.60. The van der Waals surface area contributed by atoms with Gasteiger partial charge >= 0.3 is 0 Å². The summed E-state index contributed by atoms with van der Waals surface area (Å²) >= 11 is 0. The minimum absolute atomic E-state index is 0.0438. The Morgan fingerprint density at radius 1 is 1.05 bits per heavy atom. The van der Waals surface area contributed by atoms with Gasteiger partial charge in [0.15, 0.2) is 0 Å². The third-order valence-corrected chi connectivity index (χ3v) is 5.00.